The number of carbonyl (C=O) groups excluding carboxylic acids is 1. The molecule has 10 nitrogen and oxygen atoms in total. The minimum Gasteiger partial charge on any atom is -0.410 e. The predicted octanol–water partition coefficient (Wildman–Crippen LogP) is 0.156. The number of hydrogen-bond acceptors (Lipinski definition) is 7. The van der Waals surface area contributed by atoms with Gasteiger partial charge in [0.05, 0.1) is 11.4 Å². The molecule has 1 aliphatic heterocycles. The number of oxime groups is 1. The molecule has 1 aromatic rings. The molecule has 0 radical (unpaired) electrons. The normalized spacial score (nSPS) is 14.6. The zero-order valence-corrected chi connectivity index (χ0v) is 14.7. The van der Waals surface area contributed by atoms with E-state index >= 15 is 0 Å². The summed E-state index contributed by atoms with van der Waals surface area (Å²) in [7, 11) is -3.95. The first-order chi connectivity index (χ1) is 11.5. The number of nitrogens with two attached hydrogens (primary N) is 1. The first kappa shape index (κ1) is 19.0. The van der Waals surface area contributed by atoms with E-state index in [9.17, 15) is 18.4 Å². The molecule has 0 aromatic heterocycles. The van der Waals surface area contributed by atoms with E-state index < -0.39 is 21.5 Å². The van der Waals surface area contributed by atoms with Gasteiger partial charge in [-0.05, 0) is 36.1 Å². The summed E-state index contributed by atoms with van der Waals surface area (Å²) in [5.74, 6) is -0.397. The first-order valence-electron chi connectivity index (χ1n) is 7.43. The summed E-state index contributed by atoms with van der Waals surface area (Å²) in [5, 5.41) is 29.7. The second-order valence-electron chi connectivity index (χ2n) is 6.44. The number of benzene rings is 1. The molecule has 6 N–H and O–H groups in total. The highest BCUT2D eigenvalue weighted by Crippen LogP contribution is 2.37. The lowest BCUT2D eigenvalue weighted by Crippen LogP contribution is -2.38. The van der Waals surface area contributed by atoms with Crippen LogP contribution in [0.4, 0.5) is 11.4 Å². The van der Waals surface area contributed by atoms with E-state index in [1.54, 1.807) is 19.9 Å². The van der Waals surface area contributed by atoms with Crippen molar-refractivity contribution < 1.29 is 23.6 Å². The van der Waals surface area contributed by atoms with Crippen molar-refractivity contribution in [3.63, 3.8) is 0 Å². The lowest BCUT2D eigenvalue weighted by atomic mass is 9.83. The maximum absolute atomic E-state index is 12.2. The van der Waals surface area contributed by atoms with Crippen molar-refractivity contribution in [2.24, 2.45) is 15.7 Å². The molecule has 25 heavy (non-hydrogen) atoms. The van der Waals surface area contributed by atoms with E-state index in [4.69, 9.17) is 10.3 Å². The van der Waals surface area contributed by atoms with Gasteiger partial charge < -0.3 is 10.5 Å². The molecule has 1 aliphatic rings. The number of carbonyl (C=O) groups is 1. The standard InChI is InChI=1S/C14H21N5O5S/c1-14(2,13(20)16-8-17-21)7-10-6-11(18-25(15,23)24)5-9-3-4-19(22)12(9)10/h5-6,8,18,21-22H,3-4,7H2,1-2H3,(H2,15,23,24)(H,16,17,20). The Bertz CT molecular complexity index is 806. The largest absolute Gasteiger partial charge is 0.410 e. The molecule has 0 spiro atoms. The van der Waals surface area contributed by atoms with Crippen LogP contribution in [0.15, 0.2) is 17.3 Å². The number of nitrogens with zero attached hydrogens (tertiary/aromatic N) is 2. The van der Waals surface area contributed by atoms with Crippen LogP contribution in [0.5, 0.6) is 0 Å². The summed E-state index contributed by atoms with van der Waals surface area (Å²) in [6, 6.07) is 3.14. The Kier molecular flexibility index (Phi) is 5.20. The fraction of sp³-hybridized carbons (Fsp3) is 0.429. The van der Waals surface area contributed by atoms with E-state index in [0.29, 0.717) is 24.2 Å². The molecule has 0 fully saturated rings. The van der Waals surface area contributed by atoms with Crippen molar-refractivity contribution in [1.29, 1.82) is 0 Å². The van der Waals surface area contributed by atoms with Crippen LogP contribution in [0.1, 0.15) is 25.0 Å². The SMILES string of the molecule is CC(C)(Cc1cc(NS(N)(=O)=O)cc2c1N(O)CC2)C(=O)NC=NO. The van der Waals surface area contributed by atoms with Crippen LogP contribution < -0.4 is 20.2 Å². The smallest absolute Gasteiger partial charge is 0.296 e. The summed E-state index contributed by atoms with van der Waals surface area (Å²) in [5.41, 5.74) is 1.24. The highest BCUT2D eigenvalue weighted by molar-refractivity contribution is 7.90. The van der Waals surface area contributed by atoms with E-state index in [0.717, 1.165) is 17.0 Å². The monoisotopic (exact) mass is 371 g/mol. The number of nitrogens with one attached hydrogen (secondary N) is 2. The van der Waals surface area contributed by atoms with Gasteiger partial charge in [-0.3, -0.25) is 19.8 Å². The summed E-state index contributed by atoms with van der Waals surface area (Å²) in [4.78, 5) is 12.2. The molecule has 0 saturated heterocycles. The van der Waals surface area contributed by atoms with Gasteiger partial charge in [0.15, 0.2) is 0 Å². The van der Waals surface area contributed by atoms with Gasteiger partial charge in [0, 0.05) is 12.0 Å². The van der Waals surface area contributed by atoms with Crippen LogP contribution in [0.3, 0.4) is 0 Å². The van der Waals surface area contributed by atoms with Crippen molar-refractivity contribution in [2.75, 3.05) is 16.3 Å². The quantitative estimate of drug-likeness (QED) is 0.207. The van der Waals surface area contributed by atoms with E-state index in [1.807, 2.05) is 0 Å². The molecule has 1 amide bonds. The Morgan fingerprint density at radius 1 is 1.48 bits per heavy atom. The zero-order chi connectivity index (χ0) is 18.8. The van der Waals surface area contributed by atoms with Gasteiger partial charge in [0.25, 0.3) is 10.2 Å². The predicted molar refractivity (Wildman–Crippen MR) is 91.9 cm³/mol. The Hall–Kier alpha value is -2.37. The van der Waals surface area contributed by atoms with Crippen molar-refractivity contribution >= 4 is 33.8 Å². The molecule has 0 aliphatic carbocycles. The average Bonchev–Trinajstić information content (AvgIpc) is 2.84. The van der Waals surface area contributed by atoms with Crippen LogP contribution in [0.25, 0.3) is 0 Å². The second-order valence-corrected chi connectivity index (χ2v) is 7.74. The topological polar surface area (TPSA) is 157 Å². The molecule has 0 saturated carbocycles. The van der Waals surface area contributed by atoms with Crippen LogP contribution in [-0.4, -0.2) is 37.6 Å². The zero-order valence-electron chi connectivity index (χ0n) is 13.9. The number of anilines is 2. The van der Waals surface area contributed by atoms with Crippen LogP contribution in [0.2, 0.25) is 0 Å². The van der Waals surface area contributed by atoms with E-state index in [1.165, 1.54) is 6.07 Å². The summed E-state index contributed by atoms with van der Waals surface area (Å²) < 4.78 is 24.8. The molecule has 0 atom stereocenters. The Balaban J connectivity index is 2.40. The minimum absolute atomic E-state index is 0.206. The molecule has 138 valence electrons. The van der Waals surface area contributed by atoms with Gasteiger partial charge in [-0.2, -0.15) is 8.42 Å². The Labute approximate surface area is 145 Å². The highest BCUT2D eigenvalue weighted by atomic mass is 32.2. The van der Waals surface area contributed by atoms with E-state index in [-0.39, 0.29) is 12.1 Å². The Morgan fingerprint density at radius 3 is 2.76 bits per heavy atom. The van der Waals surface area contributed by atoms with Crippen molar-refractivity contribution in [3.05, 3.63) is 23.3 Å². The number of amides is 1. The number of rotatable bonds is 6. The van der Waals surface area contributed by atoms with Gasteiger partial charge in [0.2, 0.25) is 5.91 Å². The summed E-state index contributed by atoms with van der Waals surface area (Å²) in [6.45, 7) is 3.72. The lowest BCUT2D eigenvalue weighted by Gasteiger charge is -2.25. The molecule has 11 heteroatoms. The van der Waals surface area contributed by atoms with E-state index in [2.05, 4.69) is 15.2 Å². The third kappa shape index (κ3) is 4.59. The molecule has 0 bridgehead atoms. The van der Waals surface area contributed by atoms with Crippen LogP contribution in [0, 0.1) is 5.41 Å². The van der Waals surface area contributed by atoms with Crippen LogP contribution >= 0.6 is 0 Å². The van der Waals surface area contributed by atoms with Crippen molar-refractivity contribution in [2.45, 2.75) is 26.7 Å². The molecule has 1 aromatic carbocycles. The van der Waals surface area contributed by atoms with Crippen molar-refractivity contribution in [3.8, 4) is 0 Å². The molecule has 2 rings (SSSR count). The fourth-order valence-corrected chi connectivity index (χ4v) is 3.26. The van der Waals surface area contributed by atoms with Gasteiger partial charge in [-0.1, -0.05) is 19.0 Å². The van der Waals surface area contributed by atoms with Gasteiger partial charge >= 0.3 is 0 Å². The summed E-state index contributed by atoms with van der Waals surface area (Å²) in [6.07, 6.45) is 1.60. The Morgan fingerprint density at radius 2 is 2.16 bits per heavy atom. The molecular weight excluding hydrogens is 350 g/mol. The lowest BCUT2D eigenvalue weighted by molar-refractivity contribution is -0.127. The molecule has 1 heterocycles. The number of hydroxylamine groups is 1. The minimum atomic E-state index is -3.95. The van der Waals surface area contributed by atoms with Crippen LogP contribution in [-0.2, 0) is 27.8 Å². The fourth-order valence-electron chi connectivity index (χ4n) is 2.82. The van der Waals surface area contributed by atoms with Gasteiger partial charge in [-0.25, -0.2) is 5.14 Å². The first-order valence-corrected chi connectivity index (χ1v) is 8.98. The highest BCUT2D eigenvalue weighted by Gasteiger charge is 2.31. The molecule has 0 unspecified atom stereocenters. The van der Waals surface area contributed by atoms with Gasteiger partial charge in [-0.15, -0.1) is 0 Å². The van der Waals surface area contributed by atoms with Gasteiger partial charge in [0.1, 0.15) is 6.34 Å². The molecular formula is C14H21N5O5S. The third-order valence-electron chi connectivity index (χ3n) is 3.88. The maximum atomic E-state index is 12.2. The third-order valence-corrected chi connectivity index (χ3v) is 4.40. The summed E-state index contributed by atoms with van der Waals surface area (Å²) >= 11 is 0. The number of fused-ring (bicyclic) bond motifs is 1. The second kappa shape index (κ2) is 6.86. The van der Waals surface area contributed by atoms with Crippen molar-refractivity contribution in [1.82, 2.24) is 5.32 Å². The number of hydrogen-bond donors (Lipinski definition) is 5. The average molecular weight is 371 g/mol. The maximum Gasteiger partial charge on any atom is 0.296 e.